The maximum Gasteiger partial charge on any atom is 0.218 e. The molecule has 0 amide bonds. The summed E-state index contributed by atoms with van der Waals surface area (Å²) in [5.74, 6) is 2.78. The van der Waals surface area contributed by atoms with Crippen molar-refractivity contribution in [1.82, 2.24) is 9.97 Å². The van der Waals surface area contributed by atoms with Crippen LogP contribution in [0, 0.1) is 5.92 Å². The summed E-state index contributed by atoms with van der Waals surface area (Å²) in [5.41, 5.74) is 0. The summed E-state index contributed by atoms with van der Waals surface area (Å²) in [6.07, 6.45) is 3.42. The lowest BCUT2D eigenvalue weighted by atomic mass is 10.1. The zero-order valence-corrected chi connectivity index (χ0v) is 12.0. The van der Waals surface area contributed by atoms with E-state index in [0.717, 1.165) is 44.1 Å². The van der Waals surface area contributed by atoms with Crippen LogP contribution in [0.25, 0.3) is 0 Å². The third kappa shape index (κ3) is 4.35. The lowest BCUT2D eigenvalue weighted by Gasteiger charge is -2.13. The fourth-order valence-corrected chi connectivity index (χ4v) is 2.15. The molecule has 1 aliphatic heterocycles. The van der Waals surface area contributed by atoms with E-state index in [-0.39, 0.29) is 0 Å². The van der Waals surface area contributed by atoms with E-state index in [1.165, 1.54) is 0 Å². The number of anilines is 1. The Hall–Kier alpha value is -1.36. The van der Waals surface area contributed by atoms with Gasteiger partial charge in [-0.25, -0.2) is 4.98 Å². The van der Waals surface area contributed by atoms with Crippen molar-refractivity contribution in [1.29, 1.82) is 0 Å². The number of nitrogens with zero attached hydrogens (tertiary/aromatic N) is 2. The molecule has 0 radical (unpaired) electrons. The minimum absolute atomic E-state index is 0.300. The molecule has 0 aliphatic carbocycles. The van der Waals surface area contributed by atoms with Crippen LogP contribution in [0.2, 0.25) is 0 Å². The molecule has 1 aliphatic rings. The zero-order valence-electron chi connectivity index (χ0n) is 12.0. The maximum atomic E-state index is 5.59. The number of hydrogen-bond donors (Lipinski definition) is 1. The van der Waals surface area contributed by atoms with E-state index in [1.54, 1.807) is 7.11 Å². The van der Waals surface area contributed by atoms with Crippen LogP contribution in [-0.4, -0.2) is 36.3 Å². The molecule has 1 saturated heterocycles. The van der Waals surface area contributed by atoms with E-state index in [1.807, 2.05) is 6.07 Å². The van der Waals surface area contributed by atoms with Crippen LogP contribution in [0.5, 0.6) is 5.88 Å². The molecule has 1 unspecified atom stereocenters. The smallest absolute Gasteiger partial charge is 0.218 e. The Morgan fingerprint density at radius 2 is 2.32 bits per heavy atom. The van der Waals surface area contributed by atoms with Crippen molar-refractivity contribution in [3.05, 3.63) is 11.9 Å². The third-order valence-corrected chi connectivity index (χ3v) is 3.08. The highest BCUT2D eigenvalue weighted by Gasteiger charge is 2.15. The van der Waals surface area contributed by atoms with Crippen molar-refractivity contribution >= 4 is 5.82 Å². The van der Waals surface area contributed by atoms with Gasteiger partial charge in [-0.3, -0.25) is 0 Å². The van der Waals surface area contributed by atoms with E-state index >= 15 is 0 Å². The second-order valence-electron chi connectivity index (χ2n) is 5.33. The van der Waals surface area contributed by atoms with Crippen molar-refractivity contribution in [2.75, 3.05) is 25.6 Å². The first kappa shape index (κ1) is 14.1. The van der Waals surface area contributed by atoms with E-state index < -0.39 is 0 Å². The first-order valence-corrected chi connectivity index (χ1v) is 6.95. The highest BCUT2D eigenvalue weighted by molar-refractivity contribution is 5.38. The van der Waals surface area contributed by atoms with Gasteiger partial charge < -0.3 is 14.8 Å². The number of rotatable bonds is 6. The summed E-state index contributed by atoms with van der Waals surface area (Å²) in [5, 5.41) is 3.32. The molecule has 0 aromatic carbocycles. The normalized spacial score (nSPS) is 18.8. The topological polar surface area (TPSA) is 56.3 Å². The summed E-state index contributed by atoms with van der Waals surface area (Å²) >= 11 is 0. The summed E-state index contributed by atoms with van der Waals surface area (Å²) in [4.78, 5) is 8.89. The van der Waals surface area contributed by atoms with Crippen molar-refractivity contribution < 1.29 is 9.47 Å². The molecule has 19 heavy (non-hydrogen) atoms. The molecule has 0 bridgehead atoms. The molecule has 1 atom stereocenters. The van der Waals surface area contributed by atoms with Gasteiger partial charge in [-0.2, -0.15) is 4.98 Å². The molecule has 2 rings (SSSR count). The van der Waals surface area contributed by atoms with Crippen LogP contribution in [0.4, 0.5) is 5.82 Å². The van der Waals surface area contributed by atoms with Gasteiger partial charge in [-0.15, -0.1) is 0 Å². The van der Waals surface area contributed by atoms with Crippen LogP contribution in [-0.2, 0) is 11.2 Å². The molecule has 2 heterocycles. The Labute approximate surface area is 114 Å². The number of hydrogen-bond acceptors (Lipinski definition) is 5. The fourth-order valence-electron chi connectivity index (χ4n) is 2.15. The van der Waals surface area contributed by atoms with Crippen LogP contribution < -0.4 is 10.1 Å². The van der Waals surface area contributed by atoms with E-state index in [4.69, 9.17) is 9.47 Å². The van der Waals surface area contributed by atoms with E-state index in [9.17, 15) is 0 Å². The predicted octanol–water partition coefficient (Wildman–Crippen LogP) is 2.27. The molecule has 0 spiro atoms. The molecule has 1 N–H and O–H groups in total. The van der Waals surface area contributed by atoms with Crippen molar-refractivity contribution in [3.63, 3.8) is 0 Å². The lowest BCUT2D eigenvalue weighted by molar-refractivity contribution is 0.120. The Morgan fingerprint density at radius 3 is 2.95 bits per heavy atom. The number of methoxy groups -OCH3 is 1. The van der Waals surface area contributed by atoms with Gasteiger partial charge in [0.25, 0.3) is 0 Å². The summed E-state index contributed by atoms with van der Waals surface area (Å²) in [6.45, 7) is 5.98. The Bertz CT molecular complexity index is 404. The largest absolute Gasteiger partial charge is 0.481 e. The van der Waals surface area contributed by atoms with Gasteiger partial charge in [-0.1, -0.05) is 13.8 Å². The molecular weight excluding hydrogens is 242 g/mol. The predicted molar refractivity (Wildman–Crippen MR) is 74.6 cm³/mol. The molecule has 1 aromatic heterocycles. The summed E-state index contributed by atoms with van der Waals surface area (Å²) in [6, 6.07) is 1.83. The van der Waals surface area contributed by atoms with Gasteiger partial charge in [0.1, 0.15) is 11.6 Å². The van der Waals surface area contributed by atoms with Crippen molar-refractivity contribution in [3.8, 4) is 5.88 Å². The van der Waals surface area contributed by atoms with Crippen molar-refractivity contribution in [2.45, 2.75) is 39.2 Å². The van der Waals surface area contributed by atoms with E-state index in [0.29, 0.717) is 17.9 Å². The van der Waals surface area contributed by atoms with Crippen LogP contribution in [0.15, 0.2) is 6.07 Å². The minimum atomic E-state index is 0.300. The minimum Gasteiger partial charge on any atom is -0.481 e. The lowest BCUT2D eigenvalue weighted by Crippen LogP contribution is -2.19. The van der Waals surface area contributed by atoms with Gasteiger partial charge in [0.05, 0.1) is 13.2 Å². The SMILES string of the molecule is COc1cc(NCC2CCCO2)nc(CC(C)C)n1. The van der Waals surface area contributed by atoms with Gasteiger partial charge >= 0.3 is 0 Å². The molecule has 5 heteroatoms. The second-order valence-corrected chi connectivity index (χ2v) is 5.33. The molecule has 1 aromatic rings. The first-order valence-electron chi connectivity index (χ1n) is 6.95. The van der Waals surface area contributed by atoms with Gasteiger partial charge in [-0.05, 0) is 18.8 Å². The standard InChI is InChI=1S/C14H23N3O2/c1-10(2)7-13-16-12(8-14(17-13)18-3)15-9-11-5-4-6-19-11/h8,10-11H,4-7,9H2,1-3H3,(H,15,16,17). The average Bonchev–Trinajstić information content (AvgIpc) is 2.88. The van der Waals surface area contributed by atoms with Crippen LogP contribution >= 0.6 is 0 Å². The van der Waals surface area contributed by atoms with Crippen LogP contribution in [0.1, 0.15) is 32.5 Å². The molecule has 1 fully saturated rings. The first-order chi connectivity index (χ1) is 9.17. The second kappa shape index (κ2) is 6.70. The van der Waals surface area contributed by atoms with Gasteiger partial charge in [0.15, 0.2) is 0 Å². The summed E-state index contributed by atoms with van der Waals surface area (Å²) in [7, 11) is 1.63. The quantitative estimate of drug-likeness (QED) is 0.855. The Balaban J connectivity index is 2.00. The van der Waals surface area contributed by atoms with Gasteiger partial charge in [0, 0.05) is 25.6 Å². The molecule has 106 valence electrons. The maximum absolute atomic E-state index is 5.59. The van der Waals surface area contributed by atoms with E-state index in [2.05, 4.69) is 29.1 Å². The Morgan fingerprint density at radius 1 is 1.47 bits per heavy atom. The molecule has 0 saturated carbocycles. The average molecular weight is 265 g/mol. The highest BCUT2D eigenvalue weighted by atomic mass is 16.5. The number of ether oxygens (including phenoxy) is 2. The van der Waals surface area contributed by atoms with Crippen LogP contribution in [0.3, 0.4) is 0 Å². The number of aromatic nitrogens is 2. The monoisotopic (exact) mass is 265 g/mol. The van der Waals surface area contributed by atoms with Crippen molar-refractivity contribution in [2.24, 2.45) is 5.92 Å². The molecule has 5 nitrogen and oxygen atoms in total. The summed E-state index contributed by atoms with van der Waals surface area (Å²) < 4.78 is 10.8. The fraction of sp³-hybridized carbons (Fsp3) is 0.714. The Kier molecular flexibility index (Phi) is 4.96. The third-order valence-electron chi connectivity index (χ3n) is 3.08. The highest BCUT2D eigenvalue weighted by Crippen LogP contribution is 2.17. The zero-order chi connectivity index (χ0) is 13.7. The van der Waals surface area contributed by atoms with Gasteiger partial charge in [0.2, 0.25) is 5.88 Å². The molecular formula is C14H23N3O2. The number of nitrogens with one attached hydrogen (secondary N) is 1.